The fourth-order valence-electron chi connectivity index (χ4n) is 2.61. The molecule has 4 nitrogen and oxygen atoms in total. The number of aliphatic hydroxyl groups excluding tert-OH is 1. The van der Waals surface area contributed by atoms with Gasteiger partial charge in [-0.05, 0) is 43.7 Å². The van der Waals surface area contributed by atoms with E-state index in [-0.39, 0.29) is 16.5 Å². The molecule has 0 spiro atoms. The number of hydrogen-bond acceptors (Lipinski definition) is 3. The SMILES string of the molecule is CC1CCC(CO)(NS(=O)(=O)c2ccccc2Cl)CC1. The molecule has 1 aliphatic carbocycles. The van der Waals surface area contributed by atoms with Crippen LogP contribution in [0.3, 0.4) is 0 Å². The van der Waals surface area contributed by atoms with Crippen molar-refractivity contribution in [3.8, 4) is 0 Å². The van der Waals surface area contributed by atoms with Crippen LogP contribution in [-0.4, -0.2) is 25.7 Å². The number of aliphatic hydroxyl groups is 1. The summed E-state index contributed by atoms with van der Waals surface area (Å²) in [7, 11) is -3.72. The third-order valence-electron chi connectivity index (χ3n) is 4.01. The van der Waals surface area contributed by atoms with Crippen molar-refractivity contribution in [1.29, 1.82) is 0 Å². The zero-order valence-corrected chi connectivity index (χ0v) is 13.0. The molecule has 0 bridgehead atoms. The molecule has 0 atom stereocenters. The van der Waals surface area contributed by atoms with Gasteiger partial charge in [-0.1, -0.05) is 30.7 Å². The Morgan fingerprint density at radius 2 is 1.95 bits per heavy atom. The van der Waals surface area contributed by atoms with Crippen LogP contribution in [0.4, 0.5) is 0 Å². The monoisotopic (exact) mass is 317 g/mol. The Labute approximate surface area is 125 Å². The largest absolute Gasteiger partial charge is 0.394 e. The minimum atomic E-state index is -3.72. The second-order valence-corrected chi connectivity index (χ2v) is 7.71. The number of nitrogens with one attached hydrogen (secondary N) is 1. The highest BCUT2D eigenvalue weighted by Crippen LogP contribution is 2.33. The molecule has 1 saturated carbocycles. The van der Waals surface area contributed by atoms with Crippen LogP contribution in [0.25, 0.3) is 0 Å². The van der Waals surface area contributed by atoms with Gasteiger partial charge in [0.25, 0.3) is 0 Å². The van der Waals surface area contributed by atoms with Gasteiger partial charge in [0.2, 0.25) is 10.0 Å². The summed E-state index contributed by atoms with van der Waals surface area (Å²) in [5, 5.41) is 9.84. The van der Waals surface area contributed by atoms with Crippen molar-refractivity contribution in [3.05, 3.63) is 29.3 Å². The molecule has 6 heteroatoms. The summed E-state index contributed by atoms with van der Waals surface area (Å²) < 4.78 is 27.6. The summed E-state index contributed by atoms with van der Waals surface area (Å²) in [6.45, 7) is 1.95. The van der Waals surface area contributed by atoms with Crippen LogP contribution in [0.15, 0.2) is 29.2 Å². The van der Waals surface area contributed by atoms with Gasteiger partial charge in [0.15, 0.2) is 0 Å². The van der Waals surface area contributed by atoms with E-state index in [0.29, 0.717) is 18.8 Å². The molecule has 0 aliphatic heterocycles. The molecular weight excluding hydrogens is 298 g/mol. The Morgan fingerprint density at radius 1 is 1.35 bits per heavy atom. The molecule has 20 heavy (non-hydrogen) atoms. The van der Waals surface area contributed by atoms with E-state index in [9.17, 15) is 13.5 Å². The highest BCUT2D eigenvalue weighted by atomic mass is 35.5. The maximum absolute atomic E-state index is 12.5. The summed E-state index contributed by atoms with van der Waals surface area (Å²) in [5.74, 6) is 0.569. The van der Waals surface area contributed by atoms with Crippen molar-refractivity contribution >= 4 is 21.6 Å². The van der Waals surface area contributed by atoms with Crippen molar-refractivity contribution in [2.45, 2.75) is 43.0 Å². The first-order valence-corrected chi connectivity index (χ1v) is 8.64. The second-order valence-electron chi connectivity index (χ2n) is 5.66. The van der Waals surface area contributed by atoms with Crippen molar-refractivity contribution in [3.63, 3.8) is 0 Å². The molecule has 0 unspecified atom stereocenters. The summed E-state index contributed by atoms with van der Waals surface area (Å²) >= 11 is 5.96. The Balaban J connectivity index is 2.25. The lowest BCUT2D eigenvalue weighted by atomic mass is 9.78. The molecule has 0 aromatic heterocycles. The Morgan fingerprint density at radius 3 is 2.50 bits per heavy atom. The van der Waals surface area contributed by atoms with Crippen molar-refractivity contribution in [1.82, 2.24) is 4.72 Å². The molecule has 0 radical (unpaired) electrons. The van der Waals surface area contributed by atoms with Gasteiger partial charge < -0.3 is 5.11 Å². The average Bonchev–Trinajstić information content (AvgIpc) is 2.42. The van der Waals surface area contributed by atoms with E-state index in [4.69, 9.17) is 11.6 Å². The number of sulfonamides is 1. The van der Waals surface area contributed by atoms with Crippen molar-refractivity contribution in [2.24, 2.45) is 5.92 Å². The maximum Gasteiger partial charge on any atom is 0.242 e. The van der Waals surface area contributed by atoms with Crippen LogP contribution in [0.5, 0.6) is 0 Å². The maximum atomic E-state index is 12.5. The van der Waals surface area contributed by atoms with E-state index in [0.717, 1.165) is 12.8 Å². The van der Waals surface area contributed by atoms with E-state index in [1.54, 1.807) is 18.2 Å². The molecule has 0 saturated heterocycles. The van der Waals surface area contributed by atoms with Crippen molar-refractivity contribution in [2.75, 3.05) is 6.61 Å². The molecular formula is C14H20ClNO3S. The molecule has 112 valence electrons. The standard InChI is InChI=1S/C14H20ClNO3S/c1-11-6-8-14(10-17,9-7-11)16-20(18,19)13-5-3-2-4-12(13)15/h2-5,11,16-17H,6-10H2,1H3. The van der Waals surface area contributed by atoms with Gasteiger partial charge in [-0.2, -0.15) is 0 Å². The first-order chi connectivity index (χ1) is 9.38. The molecule has 1 fully saturated rings. The summed E-state index contributed by atoms with van der Waals surface area (Å²) in [6.07, 6.45) is 3.11. The number of halogens is 1. The molecule has 0 amide bonds. The molecule has 1 aromatic rings. The minimum Gasteiger partial charge on any atom is -0.394 e. The highest BCUT2D eigenvalue weighted by molar-refractivity contribution is 7.89. The summed E-state index contributed by atoms with van der Waals surface area (Å²) in [6, 6.07) is 6.34. The normalized spacial score (nSPS) is 27.4. The van der Waals surface area contributed by atoms with E-state index in [2.05, 4.69) is 11.6 Å². The van der Waals surface area contributed by atoms with Gasteiger partial charge in [0.05, 0.1) is 17.2 Å². The molecule has 2 N–H and O–H groups in total. The van der Waals surface area contributed by atoms with Gasteiger partial charge in [0, 0.05) is 0 Å². The van der Waals surface area contributed by atoms with Gasteiger partial charge in [-0.3, -0.25) is 0 Å². The van der Waals surface area contributed by atoms with Crippen LogP contribution < -0.4 is 4.72 Å². The number of rotatable bonds is 4. The lowest BCUT2D eigenvalue weighted by molar-refractivity contribution is 0.125. The first kappa shape index (κ1) is 15.8. The zero-order chi connectivity index (χ0) is 14.8. The third kappa shape index (κ3) is 3.34. The fraction of sp³-hybridized carbons (Fsp3) is 0.571. The van der Waals surface area contributed by atoms with Crippen LogP contribution >= 0.6 is 11.6 Å². The van der Waals surface area contributed by atoms with Crippen molar-refractivity contribution < 1.29 is 13.5 Å². The van der Waals surface area contributed by atoms with Gasteiger partial charge >= 0.3 is 0 Å². The summed E-state index contributed by atoms with van der Waals surface area (Å²) in [5.41, 5.74) is -0.759. The highest BCUT2D eigenvalue weighted by Gasteiger charge is 2.38. The van der Waals surface area contributed by atoms with Gasteiger partial charge in [-0.15, -0.1) is 0 Å². The first-order valence-electron chi connectivity index (χ1n) is 6.78. The van der Waals surface area contributed by atoms with E-state index >= 15 is 0 Å². The van der Waals surface area contributed by atoms with E-state index < -0.39 is 15.6 Å². The van der Waals surface area contributed by atoms with E-state index in [1.165, 1.54) is 6.07 Å². The molecule has 1 aliphatic rings. The average molecular weight is 318 g/mol. The lowest BCUT2D eigenvalue weighted by Crippen LogP contribution is -2.53. The molecule has 2 rings (SSSR count). The summed E-state index contributed by atoms with van der Waals surface area (Å²) in [4.78, 5) is 0.0631. The quantitative estimate of drug-likeness (QED) is 0.897. The second kappa shape index (κ2) is 6.02. The fourth-order valence-corrected chi connectivity index (χ4v) is 4.58. The van der Waals surface area contributed by atoms with Gasteiger partial charge in [-0.25, -0.2) is 13.1 Å². The van der Waals surface area contributed by atoms with Crippen LogP contribution in [-0.2, 0) is 10.0 Å². The molecule has 0 heterocycles. The number of hydrogen-bond donors (Lipinski definition) is 2. The lowest BCUT2D eigenvalue weighted by Gasteiger charge is -2.38. The van der Waals surface area contributed by atoms with Crippen LogP contribution in [0.2, 0.25) is 5.02 Å². The van der Waals surface area contributed by atoms with Crippen LogP contribution in [0.1, 0.15) is 32.6 Å². The zero-order valence-electron chi connectivity index (χ0n) is 11.5. The minimum absolute atomic E-state index is 0.0631. The predicted molar refractivity (Wildman–Crippen MR) is 79.2 cm³/mol. The predicted octanol–water partition coefficient (Wildman–Crippen LogP) is 2.56. The Bertz CT molecular complexity index is 566. The topological polar surface area (TPSA) is 66.4 Å². The smallest absolute Gasteiger partial charge is 0.242 e. The number of benzene rings is 1. The van der Waals surface area contributed by atoms with E-state index in [1.807, 2.05) is 0 Å². The third-order valence-corrected chi connectivity index (χ3v) is 6.09. The van der Waals surface area contributed by atoms with Gasteiger partial charge in [0.1, 0.15) is 4.90 Å². The Kier molecular flexibility index (Phi) is 4.74. The Hall–Kier alpha value is -0.620. The van der Waals surface area contributed by atoms with Crippen LogP contribution in [0, 0.1) is 5.92 Å². The molecule has 1 aromatic carbocycles.